The molecule has 0 aliphatic rings. The Balaban J connectivity index is 2.96. The van der Waals surface area contributed by atoms with E-state index in [-0.39, 0.29) is 6.61 Å². The lowest BCUT2D eigenvalue weighted by molar-refractivity contribution is 0.280. The van der Waals surface area contributed by atoms with Gasteiger partial charge in [0.05, 0.1) is 6.61 Å². The highest BCUT2D eigenvalue weighted by Crippen LogP contribution is 2.07. The third-order valence-electron chi connectivity index (χ3n) is 1.56. The maximum absolute atomic E-state index is 8.83. The van der Waals surface area contributed by atoms with Crippen LogP contribution in [0, 0.1) is 6.07 Å². The van der Waals surface area contributed by atoms with Crippen molar-refractivity contribution in [3.8, 4) is 0 Å². The summed E-state index contributed by atoms with van der Waals surface area (Å²) in [5.41, 5.74) is 2.11. The molecule has 0 saturated heterocycles. The molecule has 1 N–H and O–H groups in total. The Labute approximate surface area is 61.3 Å². The van der Waals surface area contributed by atoms with E-state index < -0.39 is 0 Å². The molecule has 0 aromatic heterocycles. The van der Waals surface area contributed by atoms with Gasteiger partial charge in [0.2, 0.25) is 0 Å². The summed E-state index contributed by atoms with van der Waals surface area (Å²) >= 11 is 0. The van der Waals surface area contributed by atoms with E-state index in [4.69, 9.17) is 5.11 Å². The highest BCUT2D eigenvalue weighted by molar-refractivity contribution is 5.24. The second kappa shape index (κ2) is 3.37. The molecule has 0 aliphatic carbocycles. The van der Waals surface area contributed by atoms with Crippen molar-refractivity contribution in [3.05, 3.63) is 35.4 Å². The fourth-order valence-electron chi connectivity index (χ4n) is 0.984. The standard InChI is InChI=1S/C9H11O/c1-2-8-5-3-4-6-9(8)7-10/h3-4,6,10H,2,7H2,1H3. The Morgan fingerprint density at radius 1 is 1.60 bits per heavy atom. The molecular formula is C9H11O. The minimum atomic E-state index is 0.126. The van der Waals surface area contributed by atoms with Crippen LogP contribution in [0.15, 0.2) is 18.2 Å². The predicted octanol–water partition coefficient (Wildman–Crippen LogP) is 1.54. The van der Waals surface area contributed by atoms with Crippen LogP contribution in [0.2, 0.25) is 0 Å². The summed E-state index contributed by atoms with van der Waals surface area (Å²) < 4.78 is 0. The van der Waals surface area contributed by atoms with Gasteiger partial charge >= 0.3 is 0 Å². The zero-order valence-electron chi connectivity index (χ0n) is 6.09. The zero-order chi connectivity index (χ0) is 7.40. The molecular weight excluding hydrogens is 124 g/mol. The fourth-order valence-corrected chi connectivity index (χ4v) is 0.984. The molecule has 1 aromatic carbocycles. The molecule has 0 spiro atoms. The summed E-state index contributed by atoms with van der Waals surface area (Å²) in [5.74, 6) is 0. The van der Waals surface area contributed by atoms with Crippen LogP contribution in [-0.2, 0) is 13.0 Å². The summed E-state index contributed by atoms with van der Waals surface area (Å²) in [4.78, 5) is 0. The van der Waals surface area contributed by atoms with Gasteiger partial charge in [-0.05, 0) is 23.6 Å². The zero-order valence-corrected chi connectivity index (χ0v) is 6.09. The molecule has 0 saturated carbocycles. The molecule has 10 heavy (non-hydrogen) atoms. The molecule has 1 nitrogen and oxygen atoms in total. The van der Waals surface area contributed by atoms with Gasteiger partial charge in [-0.2, -0.15) is 0 Å². The van der Waals surface area contributed by atoms with Crippen molar-refractivity contribution in [3.63, 3.8) is 0 Å². The number of hydrogen-bond donors (Lipinski definition) is 1. The number of benzene rings is 1. The first-order valence-corrected chi connectivity index (χ1v) is 3.47. The van der Waals surface area contributed by atoms with E-state index in [1.807, 2.05) is 18.2 Å². The lowest BCUT2D eigenvalue weighted by Crippen LogP contribution is -1.90. The summed E-state index contributed by atoms with van der Waals surface area (Å²) in [6, 6.07) is 8.77. The van der Waals surface area contributed by atoms with Gasteiger partial charge in [0, 0.05) is 0 Å². The van der Waals surface area contributed by atoms with E-state index in [9.17, 15) is 0 Å². The van der Waals surface area contributed by atoms with Crippen LogP contribution in [0.25, 0.3) is 0 Å². The number of aryl methyl sites for hydroxylation is 1. The lowest BCUT2D eigenvalue weighted by Gasteiger charge is -2.01. The maximum Gasteiger partial charge on any atom is 0.0684 e. The van der Waals surface area contributed by atoms with E-state index >= 15 is 0 Å². The third-order valence-corrected chi connectivity index (χ3v) is 1.56. The molecule has 0 amide bonds. The first-order valence-electron chi connectivity index (χ1n) is 3.47. The molecule has 1 heteroatoms. The van der Waals surface area contributed by atoms with E-state index in [0.717, 1.165) is 17.5 Å². The van der Waals surface area contributed by atoms with Crippen LogP contribution < -0.4 is 0 Å². The fraction of sp³-hybridized carbons (Fsp3) is 0.333. The SMILES string of the molecule is CCc1[c]cccc1CO. The van der Waals surface area contributed by atoms with E-state index in [1.54, 1.807) is 0 Å². The smallest absolute Gasteiger partial charge is 0.0684 e. The van der Waals surface area contributed by atoms with Gasteiger partial charge in [0.1, 0.15) is 0 Å². The van der Waals surface area contributed by atoms with Gasteiger partial charge in [-0.1, -0.05) is 25.1 Å². The molecule has 0 fully saturated rings. The summed E-state index contributed by atoms with van der Waals surface area (Å²) in [7, 11) is 0. The maximum atomic E-state index is 8.83. The van der Waals surface area contributed by atoms with Gasteiger partial charge < -0.3 is 5.11 Å². The lowest BCUT2D eigenvalue weighted by atomic mass is 10.1. The van der Waals surface area contributed by atoms with Gasteiger partial charge in [-0.15, -0.1) is 0 Å². The molecule has 0 bridgehead atoms. The van der Waals surface area contributed by atoms with Crippen LogP contribution in [0.3, 0.4) is 0 Å². The Kier molecular flexibility index (Phi) is 2.46. The van der Waals surface area contributed by atoms with E-state index in [2.05, 4.69) is 13.0 Å². The highest BCUT2D eigenvalue weighted by atomic mass is 16.3. The molecule has 0 heterocycles. The number of hydrogen-bond acceptors (Lipinski definition) is 1. The summed E-state index contributed by atoms with van der Waals surface area (Å²) in [6.45, 7) is 2.19. The molecule has 0 aliphatic heterocycles. The van der Waals surface area contributed by atoms with E-state index in [1.165, 1.54) is 0 Å². The van der Waals surface area contributed by atoms with Crippen LogP contribution in [0.4, 0.5) is 0 Å². The van der Waals surface area contributed by atoms with E-state index in [0.29, 0.717) is 0 Å². The van der Waals surface area contributed by atoms with Crippen LogP contribution in [0.5, 0.6) is 0 Å². The Hall–Kier alpha value is -0.820. The average Bonchev–Trinajstić information content (AvgIpc) is 2.04. The monoisotopic (exact) mass is 135 g/mol. The van der Waals surface area contributed by atoms with Crippen LogP contribution >= 0.6 is 0 Å². The van der Waals surface area contributed by atoms with Crippen molar-refractivity contribution in [1.82, 2.24) is 0 Å². The normalized spacial score (nSPS) is 9.80. The van der Waals surface area contributed by atoms with Gasteiger partial charge in [0.15, 0.2) is 0 Å². The first-order chi connectivity index (χ1) is 4.88. The second-order valence-electron chi connectivity index (χ2n) is 2.19. The minimum Gasteiger partial charge on any atom is -0.392 e. The Bertz CT molecular complexity index is 183. The van der Waals surface area contributed by atoms with Gasteiger partial charge in [-0.25, -0.2) is 0 Å². The Morgan fingerprint density at radius 3 is 2.90 bits per heavy atom. The van der Waals surface area contributed by atoms with Crippen molar-refractivity contribution < 1.29 is 5.11 Å². The molecule has 0 atom stereocenters. The highest BCUT2D eigenvalue weighted by Gasteiger charge is 1.95. The minimum absolute atomic E-state index is 0.126. The van der Waals surface area contributed by atoms with Crippen LogP contribution in [-0.4, -0.2) is 5.11 Å². The Morgan fingerprint density at radius 2 is 2.40 bits per heavy atom. The average molecular weight is 135 g/mol. The van der Waals surface area contributed by atoms with Crippen molar-refractivity contribution in [2.24, 2.45) is 0 Å². The van der Waals surface area contributed by atoms with Crippen molar-refractivity contribution in [2.75, 3.05) is 0 Å². The molecule has 1 radical (unpaired) electrons. The second-order valence-corrected chi connectivity index (χ2v) is 2.19. The van der Waals surface area contributed by atoms with Crippen LogP contribution in [0.1, 0.15) is 18.1 Å². The predicted molar refractivity (Wildman–Crippen MR) is 40.6 cm³/mol. The largest absolute Gasteiger partial charge is 0.392 e. The van der Waals surface area contributed by atoms with Crippen molar-refractivity contribution in [2.45, 2.75) is 20.0 Å². The number of aliphatic hydroxyl groups excluding tert-OH is 1. The molecule has 0 unspecified atom stereocenters. The third kappa shape index (κ3) is 1.36. The van der Waals surface area contributed by atoms with Crippen molar-refractivity contribution >= 4 is 0 Å². The first kappa shape index (κ1) is 7.29. The molecule has 53 valence electrons. The topological polar surface area (TPSA) is 20.2 Å². The van der Waals surface area contributed by atoms with Crippen molar-refractivity contribution in [1.29, 1.82) is 0 Å². The summed E-state index contributed by atoms with van der Waals surface area (Å²) in [5, 5.41) is 8.83. The molecule has 1 rings (SSSR count). The number of rotatable bonds is 2. The number of aliphatic hydroxyl groups is 1. The van der Waals surface area contributed by atoms with Gasteiger partial charge in [-0.3, -0.25) is 0 Å². The quantitative estimate of drug-likeness (QED) is 0.652. The molecule has 1 aromatic rings. The summed E-state index contributed by atoms with van der Waals surface area (Å²) in [6.07, 6.45) is 0.941. The van der Waals surface area contributed by atoms with Gasteiger partial charge in [0.25, 0.3) is 0 Å².